The molecule has 0 amide bonds. The van der Waals surface area contributed by atoms with Crippen molar-refractivity contribution < 1.29 is 80.2 Å². The van der Waals surface area contributed by atoms with Gasteiger partial charge in [0.05, 0.1) is 26.4 Å². The minimum Gasteiger partial charge on any atom is -0.462 e. The normalized spacial score (nSPS) is 14.4. The van der Waals surface area contributed by atoms with E-state index in [-0.39, 0.29) is 25.7 Å². The van der Waals surface area contributed by atoms with Crippen LogP contribution in [0, 0.1) is 23.7 Å². The third-order valence-corrected chi connectivity index (χ3v) is 19.8. The van der Waals surface area contributed by atoms with Crippen LogP contribution in [0.25, 0.3) is 0 Å². The van der Waals surface area contributed by atoms with Crippen LogP contribution in [0.1, 0.15) is 383 Å². The predicted molar refractivity (Wildman–Crippen MR) is 386 cm³/mol. The van der Waals surface area contributed by atoms with Gasteiger partial charge in [0.25, 0.3) is 0 Å². The van der Waals surface area contributed by atoms with E-state index in [1.165, 1.54) is 180 Å². The highest BCUT2D eigenvalue weighted by Crippen LogP contribution is 2.45. The van der Waals surface area contributed by atoms with Crippen LogP contribution in [0.4, 0.5) is 0 Å². The Morgan fingerprint density at radius 2 is 0.505 bits per heavy atom. The molecule has 0 aliphatic heterocycles. The summed E-state index contributed by atoms with van der Waals surface area (Å²) in [4.78, 5) is 72.7. The second-order valence-corrected chi connectivity index (χ2v) is 32.0. The molecule has 564 valence electrons. The molecular formula is C76H148O17P2. The number of phosphoric acid groups is 2. The lowest BCUT2D eigenvalue weighted by atomic mass is 10.00. The first-order chi connectivity index (χ1) is 45.6. The topological polar surface area (TPSA) is 237 Å². The minimum absolute atomic E-state index is 0.103. The summed E-state index contributed by atoms with van der Waals surface area (Å²) >= 11 is 0. The number of aliphatic hydroxyl groups is 1. The molecule has 0 aliphatic rings. The summed E-state index contributed by atoms with van der Waals surface area (Å²) in [5, 5.41) is 10.6. The van der Waals surface area contributed by atoms with Crippen molar-refractivity contribution in [1.29, 1.82) is 0 Å². The smallest absolute Gasteiger partial charge is 0.462 e. The molecule has 19 heteroatoms. The van der Waals surface area contributed by atoms with Gasteiger partial charge in [0.2, 0.25) is 0 Å². The van der Waals surface area contributed by atoms with Gasteiger partial charge in [-0.15, -0.1) is 0 Å². The SMILES string of the molecule is CCC(C)CCCCCCCCC(=O)O[C@H](COC(=O)CCCCCCCCCCCCCCCCCC(C)C)COP(=O)(O)OCC(O)COP(=O)(O)OC[C@@H](COC(=O)CCCCCCCCC(C)C)OC(=O)CCCCCCCCCCCCCCCCCC(C)C. The number of carbonyl (C=O) groups excluding carboxylic acids is 4. The summed E-state index contributed by atoms with van der Waals surface area (Å²) in [5.41, 5.74) is 0. The Balaban J connectivity index is 5.16. The summed E-state index contributed by atoms with van der Waals surface area (Å²) in [6.45, 7) is 14.1. The highest BCUT2D eigenvalue weighted by atomic mass is 31.2. The molecule has 4 unspecified atom stereocenters. The van der Waals surface area contributed by atoms with Gasteiger partial charge in [-0.3, -0.25) is 37.3 Å². The lowest BCUT2D eigenvalue weighted by Crippen LogP contribution is -2.30. The molecule has 17 nitrogen and oxygen atoms in total. The molecule has 3 N–H and O–H groups in total. The van der Waals surface area contributed by atoms with Crippen molar-refractivity contribution >= 4 is 39.5 Å². The molecule has 0 spiro atoms. The van der Waals surface area contributed by atoms with Crippen molar-refractivity contribution in [3.8, 4) is 0 Å². The Kier molecular flexibility index (Phi) is 64.0. The van der Waals surface area contributed by atoms with Gasteiger partial charge in [0.15, 0.2) is 12.2 Å². The summed E-state index contributed by atoms with van der Waals surface area (Å²) in [5.74, 6) is 0.883. The number of rotatable bonds is 73. The Morgan fingerprint density at radius 3 is 0.747 bits per heavy atom. The van der Waals surface area contributed by atoms with E-state index in [0.29, 0.717) is 31.6 Å². The van der Waals surface area contributed by atoms with Crippen LogP contribution in [0.5, 0.6) is 0 Å². The van der Waals surface area contributed by atoms with Crippen LogP contribution >= 0.6 is 15.6 Å². The van der Waals surface area contributed by atoms with Gasteiger partial charge in [-0.25, -0.2) is 9.13 Å². The van der Waals surface area contributed by atoms with Gasteiger partial charge in [-0.2, -0.15) is 0 Å². The second-order valence-electron chi connectivity index (χ2n) is 29.1. The van der Waals surface area contributed by atoms with Crippen LogP contribution in [-0.4, -0.2) is 96.7 Å². The molecule has 0 aliphatic carbocycles. The van der Waals surface area contributed by atoms with E-state index in [0.717, 1.165) is 114 Å². The van der Waals surface area contributed by atoms with E-state index in [2.05, 4.69) is 55.4 Å². The number of unbranched alkanes of at least 4 members (excludes halogenated alkanes) is 38. The third-order valence-electron chi connectivity index (χ3n) is 17.9. The fraction of sp³-hybridized carbons (Fsp3) is 0.947. The van der Waals surface area contributed by atoms with Crippen molar-refractivity contribution in [2.45, 2.75) is 401 Å². The molecule has 0 aromatic heterocycles. The average Bonchev–Trinajstić information content (AvgIpc) is 1.64. The summed E-state index contributed by atoms with van der Waals surface area (Å²) in [6, 6.07) is 0. The monoisotopic (exact) mass is 1400 g/mol. The van der Waals surface area contributed by atoms with Crippen LogP contribution < -0.4 is 0 Å². The van der Waals surface area contributed by atoms with Crippen molar-refractivity contribution in [3.63, 3.8) is 0 Å². The van der Waals surface area contributed by atoms with Gasteiger partial charge in [-0.05, 0) is 49.4 Å². The van der Waals surface area contributed by atoms with Crippen LogP contribution in [0.2, 0.25) is 0 Å². The van der Waals surface area contributed by atoms with Crippen molar-refractivity contribution in [2.24, 2.45) is 23.7 Å². The number of phosphoric ester groups is 2. The Hall–Kier alpha value is -1.94. The molecule has 95 heavy (non-hydrogen) atoms. The lowest BCUT2D eigenvalue weighted by Gasteiger charge is -2.21. The zero-order valence-corrected chi connectivity index (χ0v) is 64.1. The van der Waals surface area contributed by atoms with Gasteiger partial charge < -0.3 is 33.8 Å². The highest BCUT2D eigenvalue weighted by Gasteiger charge is 2.30. The molecule has 0 aromatic carbocycles. The number of aliphatic hydroxyl groups excluding tert-OH is 1. The fourth-order valence-corrected chi connectivity index (χ4v) is 13.1. The molecule has 0 heterocycles. The third kappa shape index (κ3) is 69.0. The van der Waals surface area contributed by atoms with Gasteiger partial charge in [-0.1, -0.05) is 331 Å². The fourth-order valence-electron chi connectivity index (χ4n) is 11.5. The van der Waals surface area contributed by atoms with Crippen molar-refractivity contribution in [3.05, 3.63) is 0 Å². The largest absolute Gasteiger partial charge is 0.472 e. The Bertz CT molecular complexity index is 1870. The van der Waals surface area contributed by atoms with E-state index in [1.807, 2.05) is 0 Å². The summed E-state index contributed by atoms with van der Waals surface area (Å²) < 4.78 is 68.4. The number of esters is 4. The molecule has 6 atom stereocenters. The summed E-state index contributed by atoms with van der Waals surface area (Å²) in [7, 11) is -9.91. The highest BCUT2D eigenvalue weighted by molar-refractivity contribution is 7.47. The zero-order valence-electron chi connectivity index (χ0n) is 62.3. The Labute approximate surface area is 581 Å². The van der Waals surface area contributed by atoms with E-state index < -0.39 is 97.5 Å². The van der Waals surface area contributed by atoms with Gasteiger partial charge in [0, 0.05) is 25.7 Å². The molecule has 0 aromatic rings. The lowest BCUT2D eigenvalue weighted by molar-refractivity contribution is -0.161. The number of carbonyl (C=O) groups is 4. The molecule has 0 bridgehead atoms. The number of hydrogen-bond acceptors (Lipinski definition) is 15. The summed E-state index contributed by atoms with van der Waals surface area (Å²) in [6.07, 6.45) is 50.2. The molecule has 0 saturated heterocycles. The zero-order chi connectivity index (χ0) is 70.3. The van der Waals surface area contributed by atoms with Crippen molar-refractivity contribution in [2.75, 3.05) is 39.6 Å². The van der Waals surface area contributed by atoms with E-state index in [1.54, 1.807) is 0 Å². The maximum Gasteiger partial charge on any atom is 0.472 e. The second kappa shape index (κ2) is 65.4. The predicted octanol–water partition coefficient (Wildman–Crippen LogP) is 22.0. The number of hydrogen-bond donors (Lipinski definition) is 3. The minimum atomic E-state index is -4.96. The molecular weight excluding hydrogens is 1250 g/mol. The number of ether oxygens (including phenoxy) is 4. The first kappa shape index (κ1) is 93.1. The first-order valence-electron chi connectivity index (χ1n) is 39.2. The van der Waals surface area contributed by atoms with Crippen molar-refractivity contribution in [1.82, 2.24) is 0 Å². The quantitative estimate of drug-likeness (QED) is 0.0222. The molecule has 0 rings (SSSR count). The molecule has 0 saturated carbocycles. The standard InChI is InChI=1S/C76H148O17P2/c1-9-69(8)55-47-39-33-35-43-51-59-76(81)93-72(62-86-73(78)56-48-40-30-26-22-18-14-10-12-16-20-24-28-36-44-52-66(2)3)65-91-95(84,85)89-61-70(77)60-88-94(82,83)90-64-71(63-87-74(79)57-49-41-34-32-38-46-54-68(6)7)92-75(80)58-50-42-31-27-23-19-15-11-13-17-21-25-29-37-45-53-67(4)5/h66-72,77H,9-65H2,1-8H3,(H,82,83)(H,84,85)/t69?,70?,71-,72-/m1/s1. The van der Waals surface area contributed by atoms with E-state index in [9.17, 15) is 43.2 Å². The Morgan fingerprint density at radius 1 is 0.295 bits per heavy atom. The first-order valence-corrected chi connectivity index (χ1v) is 42.2. The van der Waals surface area contributed by atoms with E-state index in [4.69, 9.17) is 37.0 Å². The molecule has 0 fully saturated rings. The van der Waals surface area contributed by atoms with Crippen LogP contribution in [-0.2, 0) is 65.4 Å². The van der Waals surface area contributed by atoms with Crippen LogP contribution in [0.15, 0.2) is 0 Å². The maximum atomic E-state index is 13.0. The maximum absolute atomic E-state index is 13.0. The van der Waals surface area contributed by atoms with Gasteiger partial charge in [0.1, 0.15) is 19.3 Å². The average molecular weight is 1400 g/mol. The van der Waals surface area contributed by atoms with E-state index >= 15 is 0 Å². The van der Waals surface area contributed by atoms with Gasteiger partial charge >= 0.3 is 39.5 Å². The molecule has 0 radical (unpaired) electrons. The van der Waals surface area contributed by atoms with Crippen LogP contribution in [0.3, 0.4) is 0 Å².